The van der Waals surface area contributed by atoms with Crippen LogP contribution in [0.4, 0.5) is 4.39 Å². The zero-order chi connectivity index (χ0) is 19.5. The number of aliphatic imine (C=N–C) groups is 1. The van der Waals surface area contributed by atoms with Gasteiger partial charge in [0.1, 0.15) is 0 Å². The number of allylic oxidation sites excluding steroid dienone is 1. The Balaban J connectivity index is 1.55. The maximum Gasteiger partial charge on any atom is 0.178 e. The third-order valence-corrected chi connectivity index (χ3v) is 5.17. The molecule has 4 rings (SSSR count). The van der Waals surface area contributed by atoms with Crippen LogP contribution in [0.25, 0.3) is 0 Å². The van der Waals surface area contributed by atoms with Crippen molar-refractivity contribution in [2.45, 2.75) is 12.3 Å². The summed E-state index contributed by atoms with van der Waals surface area (Å²) in [5.41, 5.74) is 3.01. The number of hydrogen-bond donors (Lipinski definition) is 1. The fourth-order valence-corrected chi connectivity index (χ4v) is 3.66. The number of benzene rings is 1. The van der Waals surface area contributed by atoms with Crippen LogP contribution >= 0.6 is 0 Å². The highest BCUT2D eigenvalue weighted by Gasteiger charge is 2.29. The highest BCUT2D eigenvalue weighted by molar-refractivity contribution is 6.08. The van der Waals surface area contributed by atoms with Crippen molar-refractivity contribution in [3.05, 3.63) is 71.9 Å². The summed E-state index contributed by atoms with van der Waals surface area (Å²) in [5, 5.41) is 3.52. The van der Waals surface area contributed by atoms with Crippen LogP contribution in [0.5, 0.6) is 5.75 Å². The summed E-state index contributed by atoms with van der Waals surface area (Å²) in [6.45, 7) is 2.48. The van der Waals surface area contributed by atoms with Crippen LogP contribution < -0.4 is 10.1 Å². The van der Waals surface area contributed by atoms with E-state index in [0.717, 1.165) is 36.5 Å². The molecule has 28 heavy (non-hydrogen) atoms. The molecule has 146 valence electrons. The molecule has 0 amide bonds. The normalized spacial score (nSPS) is 22.8. The van der Waals surface area contributed by atoms with E-state index in [-0.39, 0.29) is 23.9 Å². The predicted octanol–water partition coefficient (Wildman–Crippen LogP) is 2.41. The standard InChI is InChI=1S/C21H24FN5O/c1-26-11-7-18(15-5-8-23-9-6-15)25-21(26)27-12-10-24-19(14-27)16-3-4-17(22)20(13-16)28-2/h3-9,11,13,19,21,24H,10,12,14H2,1-2H3. The lowest BCUT2D eigenvalue weighted by Gasteiger charge is -2.41. The Morgan fingerprint density at radius 1 is 1.21 bits per heavy atom. The highest BCUT2D eigenvalue weighted by atomic mass is 19.1. The van der Waals surface area contributed by atoms with Gasteiger partial charge in [-0.15, -0.1) is 0 Å². The van der Waals surface area contributed by atoms with E-state index in [9.17, 15) is 4.39 Å². The molecular formula is C21H24FN5O. The van der Waals surface area contributed by atoms with Crippen molar-refractivity contribution in [3.8, 4) is 5.75 Å². The van der Waals surface area contributed by atoms with Crippen molar-refractivity contribution in [3.63, 3.8) is 0 Å². The van der Waals surface area contributed by atoms with E-state index >= 15 is 0 Å². The number of hydrogen-bond acceptors (Lipinski definition) is 6. The number of pyridine rings is 1. The first-order chi connectivity index (χ1) is 13.7. The van der Waals surface area contributed by atoms with E-state index in [1.165, 1.54) is 13.2 Å². The van der Waals surface area contributed by atoms with Crippen LogP contribution in [0, 0.1) is 5.82 Å². The Hall–Kier alpha value is -2.77. The van der Waals surface area contributed by atoms with Crippen LogP contribution in [-0.4, -0.2) is 60.6 Å². The predicted molar refractivity (Wildman–Crippen MR) is 107 cm³/mol. The molecule has 0 spiro atoms. The lowest BCUT2D eigenvalue weighted by atomic mass is 10.0. The van der Waals surface area contributed by atoms with Gasteiger partial charge in [0.25, 0.3) is 0 Å². The van der Waals surface area contributed by atoms with E-state index in [1.54, 1.807) is 18.5 Å². The molecule has 1 aromatic carbocycles. The number of halogens is 1. The number of ether oxygens (including phenoxy) is 1. The van der Waals surface area contributed by atoms with Gasteiger partial charge in [-0.25, -0.2) is 9.38 Å². The Kier molecular flexibility index (Phi) is 5.36. The molecule has 1 aromatic heterocycles. The molecule has 2 aliphatic heterocycles. The average Bonchev–Trinajstić information content (AvgIpc) is 2.75. The van der Waals surface area contributed by atoms with Gasteiger partial charge in [-0.05, 0) is 35.9 Å². The molecule has 0 radical (unpaired) electrons. The third kappa shape index (κ3) is 3.76. The van der Waals surface area contributed by atoms with Crippen LogP contribution in [0.2, 0.25) is 0 Å². The van der Waals surface area contributed by atoms with Gasteiger partial charge in [-0.1, -0.05) is 6.07 Å². The third-order valence-electron chi connectivity index (χ3n) is 5.17. The van der Waals surface area contributed by atoms with Crippen LogP contribution in [-0.2, 0) is 0 Å². The molecule has 2 aliphatic rings. The molecule has 3 heterocycles. The average molecular weight is 381 g/mol. The Labute approximate surface area is 164 Å². The zero-order valence-electron chi connectivity index (χ0n) is 16.0. The summed E-state index contributed by atoms with van der Waals surface area (Å²) in [4.78, 5) is 13.5. The number of nitrogens with zero attached hydrogens (tertiary/aromatic N) is 4. The second-order valence-electron chi connectivity index (χ2n) is 6.97. The molecular weight excluding hydrogens is 357 g/mol. The zero-order valence-corrected chi connectivity index (χ0v) is 16.0. The molecule has 2 unspecified atom stereocenters. The number of rotatable bonds is 4. The molecule has 0 bridgehead atoms. The molecule has 1 saturated heterocycles. The lowest BCUT2D eigenvalue weighted by Crippen LogP contribution is -2.54. The molecule has 1 fully saturated rings. The summed E-state index contributed by atoms with van der Waals surface area (Å²) in [6.07, 6.45) is 7.56. The second-order valence-corrected chi connectivity index (χ2v) is 6.97. The highest BCUT2D eigenvalue weighted by Crippen LogP contribution is 2.26. The molecule has 2 atom stereocenters. The minimum Gasteiger partial charge on any atom is -0.494 e. The molecule has 7 heteroatoms. The van der Waals surface area contributed by atoms with Gasteiger partial charge < -0.3 is 15.0 Å². The first kappa shape index (κ1) is 18.6. The first-order valence-corrected chi connectivity index (χ1v) is 9.35. The van der Waals surface area contributed by atoms with E-state index < -0.39 is 0 Å². The summed E-state index contributed by atoms with van der Waals surface area (Å²) in [6, 6.07) is 9.07. The van der Waals surface area contributed by atoms with E-state index in [1.807, 2.05) is 31.3 Å². The Morgan fingerprint density at radius 3 is 2.82 bits per heavy atom. The largest absolute Gasteiger partial charge is 0.494 e. The summed E-state index contributed by atoms with van der Waals surface area (Å²) in [7, 11) is 3.52. The van der Waals surface area contributed by atoms with Gasteiger partial charge >= 0.3 is 0 Å². The maximum absolute atomic E-state index is 13.8. The SMILES string of the molecule is COc1cc(C2CN(C3N=C(c4ccncc4)C=CN3C)CCN2)ccc1F. The van der Waals surface area contributed by atoms with Gasteiger partial charge in [-0.3, -0.25) is 9.88 Å². The quantitative estimate of drug-likeness (QED) is 0.882. The van der Waals surface area contributed by atoms with E-state index in [0.29, 0.717) is 0 Å². The van der Waals surface area contributed by atoms with Gasteiger partial charge in [0, 0.05) is 56.9 Å². The molecule has 0 saturated carbocycles. The molecule has 0 aliphatic carbocycles. The van der Waals surface area contributed by atoms with Crippen molar-refractivity contribution >= 4 is 5.71 Å². The molecule has 6 nitrogen and oxygen atoms in total. The molecule has 2 aromatic rings. The van der Waals surface area contributed by atoms with Crippen LogP contribution in [0.15, 0.2) is 60.0 Å². The van der Waals surface area contributed by atoms with Crippen molar-refractivity contribution in [1.29, 1.82) is 0 Å². The minimum atomic E-state index is -0.345. The van der Waals surface area contributed by atoms with Crippen molar-refractivity contribution < 1.29 is 9.13 Å². The minimum absolute atomic E-state index is 0.0832. The van der Waals surface area contributed by atoms with E-state index in [4.69, 9.17) is 9.73 Å². The Morgan fingerprint density at radius 2 is 2.04 bits per heavy atom. The number of piperazine rings is 1. The second kappa shape index (κ2) is 8.08. The van der Waals surface area contributed by atoms with Crippen LogP contribution in [0.1, 0.15) is 17.2 Å². The number of aromatic nitrogens is 1. The number of nitrogens with one attached hydrogen (secondary N) is 1. The maximum atomic E-state index is 13.8. The van der Waals surface area contributed by atoms with Gasteiger partial charge in [0.15, 0.2) is 17.9 Å². The summed E-state index contributed by atoms with van der Waals surface area (Å²) in [5.74, 6) is -0.0743. The monoisotopic (exact) mass is 381 g/mol. The lowest BCUT2D eigenvalue weighted by molar-refractivity contribution is 0.0683. The topological polar surface area (TPSA) is 53.0 Å². The smallest absolute Gasteiger partial charge is 0.178 e. The van der Waals surface area contributed by atoms with E-state index in [2.05, 4.69) is 26.3 Å². The Bertz CT molecular complexity index is 886. The van der Waals surface area contributed by atoms with Crippen molar-refractivity contribution in [2.75, 3.05) is 33.8 Å². The van der Waals surface area contributed by atoms with Gasteiger partial charge in [-0.2, -0.15) is 0 Å². The number of methoxy groups -OCH3 is 1. The fourth-order valence-electron chi connectivity index (χ4n) is 3.66. The van der Waals surface area contributed by atoms with Gasteiger partial charge in [0.05, 0.1) is 12.8 Å². The van der Waals surface area contributed by atoms with Crippen LogP contribution in [0.3, 0.4) is 0 Å². The summed E-state index contributed by atoms with van der Waals surface area (Å²) >= 11 is 0. The first-order valence-electron chi connectivity index (χ1n) is 9.35. The van der Waals surface area contributed by atoms with Gasteiger partial charge in [0.2, 0.25) is 0 Å². The van der Waals surface area contributed by atoms with Crippen molar-refractivity contribution in [1.82, 2.24) is 20.1 Å². The fraction of sp³-hybridized carbons (Fsp3) is 0.333. The summed E-state index contributed by atoms with van der Waals surface area (Å²) < 4.78 is 18.9. The molecule has 1 N–H and O–H groups in total. The van der Waals surface area contributed by atoms with Crippen molar-refractivity contribution in [2.24, 2.45) is 4.99 Å².